The molecule has 82 valence electrons. The highest BCUT2D eigenvalue weighted by Crippen LogP contribution is 2.19. The van der Waals surface area contributed by atoms with Gasteiger partial charge in [0, 0.05) is 5.57 Å². The lowest BCUT2D eigenvalue weighted by molar-refractivity contribution is -0.118. The monoisotopic (exact) mass is 214 g/mol. The van der Waals surface area contributed by atoms with Gasteiger partial charge in [-0.05, 0) is 19.4 Å². The van der Waals surface area contributed by atoms with Gasteiger partial charge in [0.1, 0.15) is 0 Å². The zero-order valence-electron chi connectivity index (χ0n) is 9.45. The molecule has 0 aliphatic heterocycles. The van der Waals surface area contributed by atoms with E-state index in [1.807, 2.05) is 30.3 Å². The number of rotatable bonds is 3. The molecule has 1 N–H and O–H groups in total. The largest absolute Gasteiger partial charge is 0.331 e. The quantitative estimate of drug-likeness (QED) is 0.783. The molecule has 0 aliphatic rings. The van der Waals surface area contributed by atoms with Crippen LogP contribution in [0.25, 0.3) is 0 Å². The second-order valence-corrected chi connectivity index (χ2v) is 3.84. The summed E-state index contributed by atoms with van der Waals surface area (Å²) in [5.41, 5.74) is 0.126. The highest BCUT2D eigenvalue weighted by molar-refractivity contribution is 5.93. The predicted molar refractivity (Wildman–Crippen MR) is 62.4 cm³/mol. The molecule has 0 aromatic heterocycles. The maximum absolute atomic E-state index is 11.5. The minimum atomic E-state index is -1.02. The van der Waals surface area contributed by atoms with E-state index in [4.69, 9.17) is 0 Å². The molecule has 0 heterocycles. The minimum absolute atomic E-state index is 0.312. The normalized spacial score (nSPS) is 13.3. The van der Waals surface area contributed by atoms with E-state index in [-0.39, 0.29) is 5.91 Å². The third-order valence-electron chi connectivity index (χ3n) is 2.33. The van der Waals surface area contributed by atoms with Crippen molar-refractivity contribution < 1.29 is 4.79 Å². The molecule has 1 amide bonds. The third kappa shape index (κ3) is 2.48. The van der Waals surface area contributed by atoms with E-state index < -0.39 is 5.54 Å². The summed E-state index contributed by atoms with van der Waals surface area (Å²) in [5, 5.41) is 11.8. The number of nitriles is 1. The Labute approximate surface area is 95.4 Å². The van der Waals surface area contributed by atoms with Gasteiger partial charge in [-0.3, -0.25) is 4.79 Å². The molecule has 0 fully saturated rings. The maximum atomic E-state index is 11.5. The van der Waals surface area contributed by atoms with Crippen molar-refractivity contribution in [3.63, 3.8) is 0 Å². The number of nitrogens with one attached hydrogen (secondary N) is 1. The number of carbonyl (C=O) groups excluding carboxylic acids is 1. The van der Waals surface area contributed by atoms with Gasteiger partial charge in [0.05, 0.1) is 6.07 Å². The van der Waals surface area contributed by atoms with Crippen LogP contribution in [0.3, 0.4) is 0 Å². The second kappa shape index (κ2) is 4.63. The molecule has 3 heteroatoms. The molecule has 1 unspecified atom stereocenters. The van der Waals surface area contributed by atoms with Crippen LogP contribution in [0.4, 0.5) is 0 Å². The first-order valence-corrected chi connectivity index (χ1v) is 4.94. The van der Waals surface area contributed by atoms with Gasteiger partial charge in [-0.15, -0.1) is 0 Å². The van der Waals surface area contributed by atoms with Gasteiger partial charge in [-0.2, -0.15) is 5.26 Å². The molecule has 0 spiro atoms. The van der Waals surface area contributed by atoms with Gasteiger partial charge in [-0.1, -0.05) is 36.9 Å². The SMILES string of the molecule is C=C(C)C(=O)NC(C)(C#N)c1ccccc1. The zero-order chi connectivity index (χ0) is 12.2. The van der Waals surface area contributed by atoms with Crippen LogP contribution < -0.4 is 5.32 Å². The van der Waals surface area contributed by atoms with Gasteiger partial charge in [-0.25, -0.2) is 0 Å². The third-order valence-corrected chi connectivity index (χ3v) is 2.33. The van der Waals surface area contributed by atoms with Crippen LogP contribution in [-0.2, 0) is 10.3 Å². The molecule has 0 radical (unpaired) electrons. The van der Waals surface area contributed by atoms with Crippen molar-refractivity contribution in [2.45, 2.75) is 19.4 Å². The van der Waals surface area contributed by atoms with Gasteiger partial charge >= 0.3 is 0 Å². The summed E-state index contributed by atoms with van der Waals surface area (Å²) in [6.45, 7) is 6.82. The Bertz CT molecular complexity index is 445. The molecule has 1 aromatic rings. The molecule has 1 atom stereocenters. The van der Waals surface area contributed by atoms with Crippen molar-refractivity contribution in [3.8, 4) is 6.07 Å². The lowest BCUT2D eigenvalue weighted by Gasteiger charge is -2.23. The Morgan fingerprint density at radius 1 is 1.44 bits per heavy atom. The van der Waals surface area contributed by atoms with Crippen LogP contribution in [0.15, 0.2) is 42.5 Å². The van der Waals surface area contributed by atoms with Gasteiger partial charge in [0.2, 0.25) is 5.91 Å². The van der Waals surface area contributed by atoms with E-state index in [9.17, 15) is 10.1 Å². The molecular formula is C13H14N2O. The van der Waals surface area contributed by atoms with E-state index in [2.05, 4.69) is 18.0 Å². The van der Waals surface area contributed by atoms with Gasteiger partial charge in [0.25, 0.3) is 0 Å². The highest BCUT2D eigenvalue weighted by atomic mass is 16.1. The first-order valence-electron chi connectivity index (χ1n) is 4.94. The lowest BCUT2D eigenvalue weighted by atomic mass is 9.93. The average molecular weight is 214 g/mol. The second-order valence-electron chi connectivity index (χ2n) is 3.84. The molecular weight excluding hydrogens is 200 g/mol. The van der Waals surface area contributed by atoms with E-state index in [1.54, 1.807) is 13.8 Å². The predicted octanol–water partition coefficient (Wildman–Crippen LogP) is 2.12. The summed E-state index contributed by atoms with van der Waals surface area (Å²) < 4.78 is 0. The van der Waals surface area contributed by atoms with Crippen molar-refractivity contribution in [1.82, 2.24) is 5.32 Å². The van der Waals surface area contributed by atoms with Crippen molar-refractivity contribution >= 4 is 5.91 Å². The fourth-order valence-electron chi connectivity index (χ4n) is 1.27. The molecule has 0 saturated heterocycles. The number of hydrogen-bond acceptors (Lipinski definition) is 2. The van der Waals surface area contributed by atoms with Crippen molar-refractivity contribution in [3.05, 3.63) is 48.0 Å². The molecule has 16 heavy (non-hydrogen) atoms. The zero-order valence-corrected chi connectivity index (χ0v) is 9.45. The minimum Gasteiger partial charge on any atom is -0.331 e. The maximum Gasteiger partial charge on any atom is 0.247 e. The van der Waals surface area contributed by atoms with Gasteiger partial charge in [0.15, 0.2) is 5.54 Å². The first kappa shape index (κ1) is 12.0. The van der Waals surface area contributed by atoms with Crippen LogP contribution in [0, 0.1) is 11.3 Å². The number of amides is 1. The van der Waals surface area contributed by atoms with Crippen LogP contribution in [0.2, 0.25) is 0 Å². The molecule has 3 nitrogen and oxygen atoms in total. The Kier molecular flexibility index (Phi) is 3.47. The van der Waals surface area contributed by atoms with E-state index in [0.717, 1.165) is 5.56 Å². The average Bonchev–Trinajstić information content (AvgIpc) is 2.29. The molecule has 0 aliphatic carbocycles. The summed E-state index contributed by atoms with van der Waals surface area (Å²) in [5.74, 6) is -0.312. The van der Waals surface area contributed by atoms with Crippen LogP contribution in [0.1, 0.15) is 19.4 Å². The fraction of sp³-hybridized carbons (Fsp3) is 0.231. The summed E-state index contributed by atoms with van der Waals surface area (Å²) in [4.78, 5) is 11.5. The number of nitrogens with zero attached hydrogens (tertiary/aromatic N) is 1. The summed E-state index contributed by atoms with van der Waals surface area (Å²) in [6.07, 6.45) is 0. The molecule has 1 aromatic carbocycles. The van der Waals surface area contributed by atoms with E-state index in [1.165, 1.54) is 0 Å². The van der Waals surface area contributed by atoms with Crippen LogP contribution in [-0.4, -0.2) is 5.91 Å². The van der Waals surface area contributed by atoms with Crippen molar-refractivity contribution in [2.75, 3.05) is 0 Å². The first-order chi connectivity index (χ1) is 7.49. The molecule has 0 saturated carbocycles. The Balaban J connectivity index is 3.01. The van der Waals surface area contributed by atoms with Crippen LogP contribution >= 0.6 is 0 Å². The standard InChI is InChI=1S/C13H14N2O/c1-10(2)12(16)15-13(3,9-14)11-7-5-4-6-8-11/h4-8H,1H2,2-3H3,(H,15,16). The highest BCUT2D eigenvalue weighted by Gasteiger charge is 2.28. The van der Waals surface area contributed by atoms with Crippen molar-refractivity contribution in [1.29, 1.82) is 5.26 Å². The van der Waals surface area contributed by atoms with Crippen LogP contribution in [0.5, 0.6) is 0 Å². The Hall–Kier alpha value is -2.08. The topological polar surface area (TPSA) is 52.9 Å². The van der Waals surface area contributed by atoms with E-state index >= 15 is 0 Å². The summed E-state index contributed by atoms with van der Waals surface area (Å²) in [6, 6.07) is 11.2. The molecule has 0 bridgehead atoms. The van der Waals surface area contributed by atoms with E-state index in [0.29, 0.717) is 5.57 Å². The summed E-state index contributed by atoms with van der Waals surface area (Å²) >= 11 is 0. The Morgan fingerprint density at radius 2 is 2.00 bits per heavy atom. The number of hydrogen-bond donors (Lipinski definition) is 1. The van der Waals surface area contributed by atoms with Crippen molar-refractivity contribution in [2.24, 2.45) is 0 Å². The Morgan fingerprint density at radius 3 is 2.44 bits per heavy atom. The number of benzene rings is 1. The molecule has 1 rings (SSSR count). The smallest absolute Gasteiger partial charge is 0.247 e. The van der Waals surface area contributed by atoms with Gasteiger partial charge < -0.3 is 5.32 Å². The lowest BCUT2D eigenvalue weighted by Crippen LogP contribution is -2.42. The fourth-order valence-corrected chi connectivity index (χ4v) is 1.27. The number of carbonyl (C=O) groups is 1. The summed E-state index contributed by atoms with van der Waals surface area (Å²) in [7, 11) is 0.